The van der Waals surface area contributed by atoms with E-state index in [4.69, 9.17) is 0 Å². The Morgan fingerprint density at radius 2 is 1.73 bits per heavy atom. The van der Waals surface area contributed by atoms with Crippen molar-refractivity contribution in [3.05, 3.63) is 74.6 Å². The Bertz CT molecular complexity index is 1220. The Balaban J connectivity index is 1.79. The summed E-state index contributed by atoms with van der Waals surface area (Å²) in [4.78, 5) is 0. The number of aromatic nitrogens is 1. The molecule has 2 aliphatic carbocycles. The predicted molar refractivity (Wildman–Crippen MR) is 125 cm³/mol. The summed E-state index contributed by atoms with van der Waals surface area (Å²) in [6, 6.07) is 14.0. The maximum absolute atomic E-state index is 3.20. The van der Waals surface area contributed by atoms with E-state index >= 15 is 0 Å². The van der Waals surface area contributed by atoms with Gasteiger partial charge in [0.1, 0.15) is 0 Å². The first-order valence-electron chi connectivity index (χ1n) is 10.8. The van der Waals surface area contributed by atoms with Crippen molar-refractivity contribution in [2.75, 3.05) is 28.2 Å². The first-order valence-corrected chi connectivity index (χ1v) is 15.4. The summed E-state index contributed by atoms with van der Waals surface area (Å²) < 4.78 is 10.9. The monoisotopic (exact) mass is 475 g/mol. The van der Waals surface area contributed by atoms with Gasteiger partial charge in [-0.25, -0.2) is 0 Å². The molecule has 30 heavy (non-hydrogen) atoms. The van der Waals surface area contributed by atoms with E-state index in [0.717, 1.165) is 12.8 Å². The van der Waals surface area contributed by atoms with E-state index in [-0.39, 0.29) is 0 Å². The van der Waals surface area contributed by atoms with Crippen LogP contribution in [0, 0.1) is 6.92 Å². The number of hydrogen-bond acceptors (Lipinski definition) is 2. The minimum atomic E-state index is -3.20. The average molecular weight is 477 g/mol. The molecule has 0 saturated carbocycles. The third kappa shape index (κ3) is 2.60. The minimum absolute atomic E-state index is 1.04. The molecule has 2 aliphatic rings. The molecule has 3 nitrogen and oxygen atoms in total. The third-order valence-corrected chi connectivity index (χ3v) is 19.6. The molecular formula is C26H31N3Zr. The Hall–Kier alpha value is -1.74. The normalized spacial score (nSPS) is 15.4. The number of hydrogen-bond donors (Lipinski definition) is 0. The van der Waals surface area contributed by atoms with Gasteiger partial charge in [0, 0.05) is 0 Å². The zero-order valence-corrected chi connectivity index (χ0v) is 21.4. The van der Waals surface area contributed by atoms with Crippen molar-refractivity contribution in [2.45, 2.75) is 19.8 Å². The summed E-state index contributed by atoms with van der Waals surface area (Å²) >= 11 is -3.20. The van der Waals surface area contributed by atoms with Gasteiger partial charge in [-0.3, -0.25) is 0 Å². The molecule has 1 heterocycles. The predicted octanol–water partition coefficient (Wildman–Crippen LogP) is 4.63. The number of allylic oxidation sites excluding steroid dienone is 4. The van der Waals surface area contributed by atoms with Gasteiger partial charge < -0.3 is 0 Å². The van der Waals surface area contributed by atoms with Gasteiger partial charge in [-0.05, 0) is 0 Å². The topological polar surface area (TPSA) is 11.4 Å². The van der Waals surface area contributed by atoms with E-state index in [1.807, 2.05) is 0 Å². The van der Waals surface area contributed by atoms with Gasteiger partial charge in [-0.1, -0.05) is 0 Å². The zero-order chi connectivity index (χ0) is 21.2. The molecule has 0 radical (unpaired) electrons. The van der Waals surface area contributed by atoms with Gasteiger partial charge in [-0.2, -0.15) is 0 Å². The van der Waals surface area contributed by atoms with Crippen molar-refractivity contribution in [2.24, 2.45) is 7.05 Å². The molecule has 154 valence electrons. The Morgan fingerprint density at radius 3 is 2.40 bits per heavy atom. The second-order valence-electron chi connectivity index (χ2n) is 9.20. The Morgan fingerprint density at radius 1 is 0.967 bits per heavy atom. The summed E-state index contributed by atoms with van der Waals surface area (Å²) in [5, 5.41) is 1.42. The molecule has 0 aliphatic heterocycles. The van der Waals surface area contributed by atoms with Crippen LogP contribution in [0.4, 0.5) is 0 Å². The van der Waals surface area contributed by atoms with Crippen LogP contribution in [-0.4, -0.2) is 38.4 Å². The number of benzene rings is 2. The fourth-order valence-corrected chi connectivity index (χ4v) is 18.2. The number of rotatable bonds is 4. The molecule has 5 rings (SSSR count). The average Bonchev–Trinajstić information content (AvgIpc) is 3.40. The second-order valence-corrected chi connectivity index (χ2v) is 19.8. The van der Waals surface area contributed by atoms with Crippen LogP contribution in [0.1, 0.15) is 23.1 Å². The second kappa shape index (κ2) is 7.16. The van der Waals surface area contributed by atoms with E-state index in [0.29, 0.717) is 0 Å². The van der Waals surface area contributed by atoms with Gasteiger partial charge in [0.15, 0.2) is 0 Å². The Labute approximate surface area is 185 Å². The zero-order valence-electron chi connectivity index (χ0n) is 19.0. The van der Waals surface area contributed by atoms with E-state index < -0.39 is 20.8 Å². The van der Waals surface area contributed by atoms with Crippen LogP contribution in [0.2, 0.25) is 0 Å². The van der Waals surface area contributed by atoms with Gasteiger partial charge in [0.25, 0.3) is 0 Å². The van der Waals surface area contributed by atoms with Crippen LogP contribution < -0.4 is 3.27 Å². The summed E-state index contributed by atoms with van der Waals surface area (Å²) in [6.07, 6.45) is 9.11. The van der Waals surface area contributed by atoms with Crippen LogP contribution in [0.3, 0.4) is 0 Å². The first kappa shape index (κ1) is 20.2. The molecule has 0 fully saturated rings. The fourth-order valence-electron chi connectivity index (χ4n) is 5.99. The van der Waals surface area contributed by atoms with Crippen molar-refractivity contribution < 1.29 is 20.8 Å². The fraction of sp³-hybridized carbons (Fsp3) is 0.308. The quantitative estimate of drug-likeness (QED) is 0.425. The van der Waals surface area contributed by atoms with Crippen molar-refractivity contribution in [1.29, 1.82) is 0 Å². The molecule has 0 atom stereocenters. The number of nitrogens with zero attached hydrogens (tertiary/aromatic N) is 3. The van der Waals surface area contributed by atoms with Gasteiger partial charge >= 0.3 is 186 Å². The van der Waals surface area contributed by atoms with Crippen LogP contribution in [0.5, 0.6) is 0 Å². The van der Waals surface area contributed by atoms with Crippen LogP contribution >= 0.6 is 0 Å². The molecule has 0 amide bonds. The molecule has 0 unspecified atom stereocenters. The summed E-state index contributed by atoms with van der Waals surface area (Å²) in [7, 11) is 11.4. The van der Waals surface area contributed by atoms with E-state index in [9.17, 15) is 0 Å². The van der Waals surface area contributed by atoms with Crippen molar-refractivity contribution in [3.63, 3.8) is 0 Å². The Kier molecular flexibility index (Phi) is 4.81. The van der Waals surface area contributed by atoms with Gasteiger partial charge in [-0.15, -0.1) is 0 Å². The number of aryl methyl sites for hydroxylation is 2. The van der Waals surface area contributed by atoms with E-state index in [2.05, 4.69) is 107 Å². The van der Waals surface area contributed by atoms with Crippen LogP contribution in [-0.2, 0) is 34.3 Å². The molecule has 3 aromatic rings. The van der Waals surface area contributed by atoms with E-state index in [1.165, 1.54) is 33.3 Å². The molecule has 0 spiro atoms. The van der Waals surface area contributed by atoms with E-state index in [1.54, 1.807) is 12.1 Å². The SMILES string of the molecule is Cc1ccc2c(c1)c1c(n2C)-c2ccc[c]([Zr]([C]3=CC=CC3)([N](C)C)[N](C)C)c2C1. The molecule has 4 heteroatoms. The maximum atomic E-state index is 2.59. The standard InChI is InChI=1S/C17H14N.C5H5.2C2H6N.Zr/c1-11-7-8-16-14(9-11)15-10-12-5-3-4-6-13(12)17(15)18(16)2;1-2-4-5-3-1;2*1-3-2;/h3-4,6-9H,10H2,1-2H3;1-3H,4H2;2*1-2H3;/q;;2*-1;+2. The first-order chi connectivity index (χ1) is 14.4. The van der Waals surface area contributed by atoms with Crippen molar-refractivity contribution >= 4 is 14.2 Å². The van der Waals surface area contributed by atoms with Crippen LogP contribution in [0.15, 0.2) is 57.9 Å². The molecule has 1 aromatic heterocycles. The molecule has 0 saturated heterocycles. The van der Waals surface area contributed by atoms with Gasteiger partial charge in [0.05, 0.1) is 0 Å². The molecule has 2 aromatic carbocycles. The van der Waals surface area contributed by atoms with Crippen LogP contribution in [0.25, 0.3) is 22.2 Å². The molecule has 0 bridgehead atoms. The third-order valence-electron chi connectivity index (χ3n) is 7.13. The van der Waals surface area contributed by atoms with Crippen molar-refractivity contribution in [3.8, 4) is 11.3 Å². The van der Waals surface area contributed by atoms with Gasteiger partial charge in [0.2, 0.25) is 0 Å². The summed E-state index contributed by atoms with van der Waals surface area (Å²) in [5.74, 6) is 0. The number of fused-ring (bicyclic) bond motifs is 5. The molecule has 0 N–H and O–H groups in total. The van der Waals surface area contributed by atoms with Crippen molar-refractivity contribution in [1.82, 2.24) is 10.3 Å². The summed E-state index contributed by atoms with van der Waals surface area (Å²) in [6.45, 7) is 2.20. The summed E-state index contributed by atoms with van der Waals surface area (Å²) in [5.41, 5.74) is 8.62. The molecular weight excluding hydrogens is 446 g/mol.